The van der Waals surface area contributed by atoms with Crippen molar-refractivity contribution in [3.05, 3.63) is 45.3 Å². The van der Waals surface area contributed by atoms with Crippen LogP contribution in [0.4, 0.5) is 0 Å². The lowest BCUT2D eigenvalue weighted by Gasteiger charge is -2.56. The highest BCUT2D eigenvalue weighted by Gasteiger charge is 2.66. The number of hydrogen-bond donors (Lipinski definition) is 4. The van der Waals surface area contributed by atoms with Gasteiger partial charge >= 0.3 is 0 Å². The lowest BCUT2D eigenvalue weighted by Crippen LogP contribution is -3.20. The van der Waals surface area contributed by atoms with Gasteiger partial charge in [0, 0.05) is 35.6 Å². The molecule has 2 fully saturated rings. The molecule has 1 aromatic heterocycles. The van der Waals surface area contributed by atoms with Crippen LogP contribution < -0.4 is 10.2 Å². The number of Topliss-reactive ketones (excluding diaryl/α,β-unsaturated/α-hetero) is 1. The van der Waals surface area contributed by atoms with Crippen LogP contribution in [0.1, 0.15) is 40.5 Å². The molecule has 7 rings (SSSR count). The number of nitrogens with one attached hydrogen (secondary N) is 3. The number of carbonyl (C=O) groups is 1. The molecule has 5 heterocycles. The Balaban J connectivity index is 1.62. The summed E-state index contributed by atoms with van der Waals surface area (Å²) in [7, 11) is 0. The summed E-state index contributed by atoms with van der Waals surface area (Å²) in [5, 5.41) is 14.6. The first-order valence-electron chi connectivity index (χ1n) is 8.86. The van der Waals surface area contributed by atoms with Gasteiger partial charge in [-0.2, -0.15) is 0 Å². The molecule has 24 heavy (non-hydrogen) atoms. The average molecular weight is 340 g/mol. The van der Waals surface area contributed by atoms with Crippen LogP contribution in [0, 0.1) is 5.41 Å². The zero-order chi connectivity index (χ0) is 15.8. The average Bonchev–Trinajstić information content (AvgIpc) is 3.11. The maximum Gasteiger partial charge on any atom is 0.225 e. The minimum atomic E-state index is -0.362. The van der Waals surface area contributed by atoms with Gasteiger partial charge in [-0.3, -0.25) is 4.79 Å². The van der Waals surface area contributed by atoms with Crippen LogP contribution in [0.2, 0.25) is 0 Å². The number of thioether (sulfide) groups is 1. The van der Waals surface area contributed by atoms with Crippen LogP contribution in [-0.4, -0.2) is 39.9 Å². The molecule has 5 nitrogen and oxygen atoms in total. The van der Waals surface area contributed by atoms with Crippen molar-refractivity contribution in [2.75, 3.05) is 6.54 Å². The molecule has 1 spiro atoms. The molecule has 6 heteroatoms. The van der Waals surface area contributed by atoms with Crippen LogP contribution in [0.5, 0.6) is 0 Å². The monoisotopic (exact) mass is 340 g/mol. The number of rotatable bonds is 0. The molecule has 2 saturated heterocycles. The van der Waals surface area contributed by atoms with E-state index in [2.05, 4.69) is 16.4 Å². The second-order valence-electron chi connectivity index (χ2n) is 8.10. The number of ketones is 1. The summed E-state index contributed by atoms with van der Waals surface area (Å²) in [5.74, 6) is 0.152. The number of fused-ring (bicyclic) bond motifs is 3. The number of hydrogen-bond acceptors (Lipinski definition) is 4. The highest BCUT2D eigenvalue weighted by Crippen LogP contribution is 2.66. The third-order valence-corrected chi connectivity index (χ3v) is 8.59. The molecule has 4 N–H and O–H groups in total. The van der Waals surface area contributed by atoms with Crippen LogP contribution in [-0.2, 0) is 6.42 Å². The number of H-pyrrole nitrogens is 1. The first kappa shape index (κ1) is 12.8. The molecule has 6 aliphatic rings. The maximum absolute atomic E-state index is 13.2. The van der Waals surface area contributed by atoms with E-state index in [1.165, 1.54) is 26.5 Å². The molecule has 4 aliphatic heterocycles. The Kier molecular flexibility index (Phi) is 1.97. The lowest BCUT2D eigenvalue weighted by atomic mass is 9.58. The minimum Gasteiger partial charge on any atom is -0.383 e. The summed E-state index contributed by atoms with van der Waals surface area (Å²) in [6, 6.07) is 0.497. The van der Waals surface area contributed by atoms with Gasteiger partial charge in [0.2, 0.25) is 5.78 Å². The van der Waals surface area contributed by atoms with Crippen molar-refractivity contribution in [3.8, 4) is 0 Å². The summed E-state index contributed by atoms with van der Waals surface area (Å²) in [4.78, 5) is 19.2. The quantitative estimate of drug-likeness (QED) is 0.538. The fraction of sp³-hybridized carbons (Fsp3) is 0.500. The SMILES string of the molecule is O=C1C2=C3C4c5c(c[nH]c51)CC[NH+]4[C@H]1C[C@@]34C[C@@H](N2)SC4=C[C@H]1O. The van der Waals surface area contributed by atoms with Gasteiger partial charge < -0.3 is 20.3 Å². The second-order valence-corrected chi connectivity index (χ2v) is 9.34. The van der Waals surface area contributed by atoms with Gasteiger partial charge in [-0.1, -0.05) is 0 Å². The second kappa shape index (κ2) is 3.69. The van der Waals surface area contributed by atoms with E-state index < -0.39 is 0 Å². The van der Waals surface area contributed by atoms with Crippen LogP contribution in [0.15, 0.2) is 28.4 Å². The number of carbonyl (C=O) groups excluding carboxylic acids is 1. The van der Waals surface area contributed by atoms with E-state index in [0.717, 1.165) is 37.2 Å². The molecule has 6 atom stereocenters. The highest BCUT2D eigenvalue weighted by atomic mass is 32.2. The van der Waals surface area contributed by atoms with Gasteiger partial charge in [0.05, 0.1) is 23.3 Å². The summed E-state index contributed by atoms with van der Waals surface area (Å²) in [6.07, 6.45) is 6.84. The predicted molar refractivity (Wildman–Crippen MR) is 88.5 cm³/mol. The largest absolute Gasteiger partial charge is 0.383 e. The molecule has 0 radical (unpaired) electrons. The Morgan fingerprint density at radius 1 is 1.38 bits per heavy atom. The van der Waals surface area contributed by atoms with Crippen LogP contribution in [0.25, 0.3) is 0 Å². The molecule has 2 aliphatic carbocycles. The molecular weight excluding hydrogens is 322 g/mol. The Hall–Kier alpha value is -1.50. The van der Waals surface area contributed by atoms with E-state index in [4.69, 9.17) is 0 Å². The van der Waals surface area contributed by atoms with E-state index >= 15 is 0 Å². The molecule has 2 unspecified atom stereocenters. The van der Waals surface area contributed by atoms with E-state index in [9.17, 15) is 9.90 Å². The van der Waals surface area contributed by atoms with Gasteiger partial charge in [0.1, 0.15) is 18.2 Å². The summed E-state index contributed by atoms with van der Waals surface area (Å²) < 4.78 is 0. The molecule has 0 amide bonds. The highest BCUT2D eigenvalue weighted by molar-refractivity contribution is 8.04. The third kappa shape index (κ3) is 1.15. The molecular formula is C18H18N3O2S+. The first-order chi connectivity index (χ1) is 11.7. The fourth-order valence-electron chi connectivity index (χ4n) is 6.41. The van der Waals surface area contributed by atoms with Crippen molar-refractivity contribution >= 4 is 17.5 Å². The van der Waals surface area contributed by atoms with Crippen molar-refractivity contribution in [2.24, 2.45) is 5.41 Å². The molecule has 0 saturated carbocycles. The number of aliphatic hydroxyl groups is 1. The zero-order valence-electron chi connectivity index (χ0n) is 13.1. The normalized spacial score (nSPS) is 46.0. The number of quaternary nitrogens is 1. The van der Waals surface area contributed by atoms with Gasteiger partial charge in [-0.05, 0) is 23.0 Å². The van der Waals surface area contributed by atoms with Crippen LogP contribution >= 0.6 is 11.8 Å². The Labute approximate surface area is 143 Å². The van der Waals surface area contributed by atoms with Gasteiger partial charge in [0.15, 0.2) is 0 Å². The first-order valence-corrected chi connectivity index (χ1v) is 9.74. The third-order valence-electron chi connectivity index (χ3n) is 7.24. The van der Waals surface area contributed by atoms with Crippen molar-refractivity contribution in [1.82, 2.24) is 10.3 Å². The number of aromatic nitrogens is 1. The van der Waals surface area contributed by atoms with E-state index in [1.54, 1.807) is 0 Å². The molecule has 3 bridgehead atoms. The van der Waals surface area contributed by atoms with Crippen LogP contribution in [0.3, 0.4) is 0 Å². The standard InChI is InChI=1S/C18H17N3O2S/c22-9-3-10-18-4-8(9)21-2-1-7-6-19-14-12(7)16(21)13(18)15(17(14)23)20-11(5-18)24-10/h3,6,8-9,11,16,19-20,22H,1-2,4-5H2/p+1/t8-,9+,11-,16?,18-/m0/s1. The lowest BCUT2D eigenvalue weighted by molar-refractivity contribution is -0.961. The Morgan fingerprint density at radius 3 is 3.21 bits per heavy atom. The van der Waals surface area contributed by atoms with Crippen molar-refractivity contribution in [3.63, 3.8) is 0 Å². The summed E-state index contributed by atoms with van der Waals surface area (Å²) in [6.45, 7) is 1.04. The van der Waals surface area contributed by atoms with Gasteiger partial charge in [-0.15, -0.1) is 11.8 Å². The summed E-state index contributed by atoms with van der Waals surface area (Å²) in [5.41, 5.74) is 5.54. The van der Waals surface area contributed by atoms with E-state index in [0.29, 0.717) is 0 Å². The van der Waals surface area contributed by atoms with Gasteiger partial charge in [-0.25, -0.2) is 0 Å². The maximum atomic E-state index is 13.2. The number of piperidine rings is 1. The Bertz CT molecular complexity index is 915. The molecule has 0 aromatic carbocycles. The number of aromatic amines is 1. The fourth-order valence-corrected chi connectivity index (χ4v) is 7.98. The van der Waals surface area contributed by atoms with Crippen molar-refractivity contribution < 1.29 is 14.8 Å². The minimum absolute atomic E-state index is 0.00715. The van der Waals surface area contributed by atoms with E-state index in [1.807, 2.05) is 18.0 Å². The molecule has 1 aromatic rings. The smallest absolute Gasteiger partial charge is 0.225 e. The number of allylic oxidation sites excluding steroid dienone is 2. The predicted octanol–water partition coefficient (Wildman–Crippen LogP) is 0.0305. The van der Waals surface area contributed by atoms with Gasteiger partial charge in [0.25, 0.3) is 0 Å². The summed E-state index contributed by atoms with van der Waals surface area (Å²) >= 11 is 1.83. The van der Waals surface area contributed by atoms with Crippen molar-refractivity contribution in [1.29, 1.82) is 0 Å². The Morgan fingerprint density at radius 2 is 2.29 bits per heavy atom. The van der Waals surface area contributed by atoms with Crippen molar-refractivity contribution in [2.45, 2.75) is 42.8 Å². The van der Waals surface area contributed by atoms with E-state index in [-0.39, 0.29) is 34.8 Å². The number of aliphatic hydroxyl groups excluding tert-OH is 1. The zero-order valence-corrected chi connectivity index (χ0v) is 13.9. The molecule has 122 valence electrons. The topological polar surface area (TPSA) is 69.6 Å².